The van der Waals surface area contributed by atoms with Crippen LogP contribution in [0.5, 0.6) is 0 Å². The van der Waals surface area contributed by atoms with Crippen LogP contribution in [0.2, 0.25) is 0 Å². The van der Waals surface area contributed by atoms with Crippen molar-refractivity contribution in [2.45, 2.75) is 53.4 Å². The van der Waals surface area contributed by atoms with Gasteiger partial charge < -0.3 is 11.5 Å². The van der Waals surface area contributed by atoms with E-state index in [2.05, 4.69) is 4.99 Å². The minimum Gasteiger partial charge on any atom is -0.370 e. The van der Waals surface area contributed by atoms with Crippen LogP contribution in [0.3, 0.4) is 0 Å². The number of aliphatic imine (C=N–C) groups is 1. The van der Waals surface area contributed by atoms with Gasteiger partial charge >= 0.3 is 0 Å². The number of halogens is 1. The maximum Gasteiger partial charge on any atom is 0.280 e. The fraction of sp³-hybridized carbons (Fsp3) is 0.296. The molecule has 0 saturated carbocycles. The number of nitrogens with two attached hydrogens (primary N) is 2. The lowest BCUT2D eigenvalue weighted by Crippen LogP contribution is -2.24. The first kappa shape index (κ1) is 32.6. The third kappa shape index (κ3) is 10.1. The normalized spacial score (nSPS) is 10.7. The number of nitro benzene ring substituents is 2. The molecule has 1 amide bonds. The molecule has 0 unspecified atom stereocenters. The Morgan fingerprint density at radius 1 is 0.821 bits per heavy atom. The first-order valence-corrected chi connectivity index (χ1v) is 12.4. The predicted octanol–water partition coefficient (Wildman–Crippen LogP) is 5.62. The summed E-state index contributed by atoms with van der Waals surface area (Å²) in [7, 11) is 0. The van der Waals surface area contributed by atoms with Crippen LogP contribution in [-0.2, 0) is 12.8 Å². The van der Waals surface area contributed by atoms with Gasteiger partial charge in [0.05, 0.1) is 15.4 Å². The van der Waals surface area contributed by atoms with E-state index in [1.807, 2.05) is 38.2 Å². The van der Waals surface area contributed by atoms with E-state index in [1.165, 1.54) is 12.1 Å². The van der Waals surface area contributed by atoms with Crippen molar-refractivity contribution in [2.24, 2.45) is 16.5 Å². The summed E-state index contributed by atoms with van der Waals surface area (Å²) in [6.07, 6.45) is 10.3. The van der Waals surface area contributed by atoms with Gasteiger partial charge in [-0.15, -0.1) is 0 Å². The first-order valence-electron chi connectivity index (χ1n) is 12.0. The Morgan fingerprint density at radius 3 is 1.59 bits per heavy atom. The zero-order valence-corrected chi connectivity index (χ0v) is 23.0. The predicted molar refractivity (Wildman–Crippen MR) is 152 cm³/mol. The maximum absolute atomic E-state index is 11.8. The largest absolute Gasteiger partial charge is 0.370 e. The van der Waals surface area contributed by atoms with Crippen LogP contribution in [-0.4, -0.2) is 27.0 Å². The van der Waals surface area contributed by atoms with Crippen LogP contribution in [0, 0.1) is 34.1 Å². The third-order valence-electron chi connectivity index (χ3n) is 5.40. The number of rotatable bonds is 10. The summed E-state index contributed by atoms with van der Waals surface area (Å²) < 4.78 is 0. The molecule has 0 radical (unpaired) electrons. The number of nitrogens with zero attached hydrogens (tertiary/aromatic N) is 3. The smallest absolute Gasteiger partial charge is 0.280 e. The van der Waals surface area contributed by atoms with E-state index in [0.29, 0.717) is 35.1 Å². The number of amides is 1. The van der Waals surface area contributed by atoms with E-state index in [-0.39, 0.29) is 28.5 Å². The van der Waals surface area contributed by atoms with Crippen molar-refractivity contribution in [3.63, 3.8) is 0 Å². The minimum atomic E-state index is -0.689. The molecule has 0 aromatic heterocycles. The van der Waals surface area contributed by atoms with E-state index in [4.69, 9.17) is 23.1 Å². The Labute approximate surface area is 231 Å². The van der Waals surface area contributed by atoms with Gasteiger partial charge in [0.1, 0.15) is 0 Å². The van der Waals surface area contributed by atoms with Crippen LogP contribution in [0.15, 0.2) is 53.6 Å². The highest BCUT2D eigenvalue weighted by molar-refractivity contribution is 6.68. The fourth-order valence-corrected chi connectivity index (χ4v) is 3.76. The summed E-state index contributed by atoms with van der Waals surface area (Å²) in [4.78, 5) is 47.5. The second-order valence-electron chi connectivity index (χ2n) is 8.39. The molecule has 2 rings (SSSR count). The molecule has 0 aliphatic rings. The van der Waals surface area contributed by atoms with Crippen molar-refractivity contribution < 1.29 is 19.4 Å². The lowest BCUT2D eigenvalue weighted by molar-refractivity contribution is -0.385. The molecule has 0 heterocycles. The molecular weight excluding hydrogens is 526 g/mol. The Morgan fingerprint density at radius 2 is 1.23 bits per heavy atom. The van der Waals surface area contributed by atoms with Crippen molar-refractivity contribution in [1.29, 1.82) is 0 Å². The van der Waals surface area contributed by atoms with Crippen LogP contribution >= 0.6 is 11.6 Å². The fourth-order valence-electron chi connectivity index (χ4n) is 3.55. The number of hydrogen-bond acceptors (Lipinski definition) is 6. The number of carbonyl (C=O) groups is 2. The van der Waals surface area contributed by atoms with Crippen molar-refractivity contribution in [3.05, 3.63) is 102 Å². The van der Waals surface area contributed by atoms with E-state index >= 15 is 0 Å². The van der Waals surface area contributed by atoms with Crippen molar-refractivity contribution in [2.75, 3.05) is 0 Å². The molecule has 2 aromatic rings. The summed E-state index contributed by atoms with van der Waals surface area (Å²) >= 11 is 5.39. The van der Waals surface area contributed by atoms with Gasteiger partial charge in [0.15, 0.2) is 5.96 Å². The van der Waals surface area contributed by atoms with Crippen molar-refractivity contribution in [1.82, 2.24) is 0 Å². The summed E-state index contributed by atoms with van der Waals surface area (Å²) in [6, 6.07) is 5.74. The minimum absolute atomic E-state index is 0.0645. The van der Waals surface area contributed by atoms with Gasteiger partial charge in [-0.25, -0.2) is 0 Å². The van der Waals surface area contributed by atoms with E-state index < -0.39 is 21.0 Å². The van der Waals surface area contributed by atoms with Gasteiger partial charge in [-0.1, -0.05) is 38.2 Å². The van der Waals surface area contributed by atoms with Gasteiger partial charge in [0.2, 0.25) is 0 Å². The average Bonchev–Trinajstić information content (AvgIpc) is 2.83. The molecule has 0 spiro atoms. The molecule has 0 bridgehead atoms. The Balaban J connectivity index is 0.000000395. The van der Waals surface area contributed by atoms with Crippen molar-refractivity contribution >= 4 is 40.1 Å². The monoisotopic (exact) mass is 557 g/mol. The number of nitro groups is 2. The maximum atomic E-state index is 11.8. The summed E-state index contributed by atoms with van der Waals surface area (Å²) in [5.41, 5.74) is 12.8. The number of benzene rings is 2. The quantitative estimate of drug-likeness (QED) is 0.0940. The Hall–Kier alpha value is -4.38. The highest BCUT2D eigenvalue weighted by Gasteiger charge is 2.20. The van der Waals surface area contributed by atoms with Gasteiger partial charge in [0, 0.05) is 28.8 Å². The van der Waals surface area contributed by atoms with Gasteiger partial charge in [-0.3, -0.25) is 29.8 Å². The number of carbonyl (C=O) groups excluding carboxylic acids is 2. The topological polar surface area (TPSA) is 185 Å². The highest BCUT2D eigenvalue weighted by atomic mass is 35.5. The number of hydrogen-bond donors (Lipinski definition) is 2. The molecule has 0 saturated heterocycles. The van der Waals surface area contributed by atoms with E-state index in [1.54, 1.807) is 26.0 Å². The van der Waals surface area contributed by atoms with Gasteiger partial charge in [-0.2, -0.15) is 4.99 Å². The van der Waals surface area contributed by atoms with Crippen LogP contribution in [0.1, 0.15) is 69.7 Å². The lowest BCUT2D eigenvalue weighted by atomic mass is 10.0. The Kier molecular flexibility index (Phi) is 13.2. The van der Waals surface area contributed by atoms with Gasteiger partial charge in [0.25, 0.3) is 22.5 Å². The molecule has 0 aliphatic heterocycles. The molecule has 39 heavy (non-hydrogen) atoms. The average molecular weight is 558 g/mol. The van der Waals surface area contributed by atoms with Crippen LogP contribution in [0.4, 0.5) is 11.4 Å². The van der Waals surface area contributed by atoms with Crippen molar-refractivity contribution in [3.8, 4) is 0 Å². The van der Waals surface area contributed by atoms with Gasteiger partial charge in [-0.05, 0) is 74.4 Å². The van der Waals surface area contributed by atoms with E-state index in [0.717, 1.165) is 12.8 Å². The summed E-state index contributed by atoms with van der Waals surface area (Å²) in [5.74, 6) is -1.07. The van der Waals surface area contributed by atoms with Crippen LogP contribution < -0.4 is 11.5 Å². The molecule has 0 atom stereocenters. The number of aryl methyl sites for hydroxylation is 2. The number of allylic oxidation sites excluding steroid dienone is 4. The summed E-state index contributed by atoms with van der Waals surface area (Å²) in [6.45, 7) is 7.37. The van der Waals surface area contributed by atoms with Crippen LogP contribution in [0.25, 0.3) is 0 Å². The molecule has 0 fully saturated rings. The zero-order chi connectivity index (χ0) is 29.7. The summed E-state index contributed by atoms with van der Waals surface area (Å²) in [5, 5.41) is 21.4. The molecule has 4 N–H and O–H groups in total. The zero-order valence-electron chi connectivity index (χ0n) is 22.3. The molecule has 208 valence electrons. The molecule has 12 heteroatoms. The molecular formula is C27H32ClN5O6. The lowest BCUT2D eigenvalue weighted by Gasteiger charge is -2.06. The number of guanidine groups is 1. The highest BCUT2D eigenvalue weighted by Crippen LogP contribution is 2.26. The SMILES string of the molecule is CCC=CCc1cc(C)c(C(=O)Cl)cc1[N+](=O)[O-].CCC=CCc1cc(C)c(C(=O)N=C(N)N)cc1[N+](=O)[O-]. The van der Waals surface area contributed by atoms with E-state index in [9.17, 15) is 29.8 Å². The molecule has 2 aromatic carbocycles. The Bertz CT molecular complexity index is 1330. The first-order chi connectivity index (χ1) is 18.3. The molecule has 0 aliphatic carbocycles. The second-order valence-corrected chi connectivity index (χ2v) is 8.73. The second kappa shape index (κ2) is 15.8. The third-order valence-corrected chi connectivity index (χ3v) is 5.60. The standard InChI is InChI=1S/C14H18N4O3.C13H14ClNO3/c1-3-4-5-6-10-7-9(2)11(8-12(10)18(20)21)13(19)17-14(15)16;1-3-4-5-6-10-7-9(2)11(13(14)16)8-12(10)15(17)18/h4-5,7-8H,3,6H2,1-2H3,(H4,15,16,17,19);4-5,7-8H,3,6H2,1-2H3. The molecule has 11 nitrogen and oxygen atoms in total.